The van der Waals surface area contributed by atoms with Crippen molar-refractivity contribution in [2.24, 2.45) is 5.73 Å². The minimum Gasteiger partial charge on any atom is -0.340 e. The fourth-order valence-electron chi connectivity index (χ4n) is 1.29. The van der Waals surface area contributed by atoms with E-state index in [0.717, 1.165) is 21.5 Å². The smallest absolute Gasteiger partial charge is 0.177 e. The van der Waals surface area contributed by atoms with Crippen LogP contribution in [-0.4, -0.2) is 21.5 Å². The number of hydrogen-bond acceptors (Lipinski definition) is 3. The predicted molar refractivity (Wildman–Crippen MR) is 63.7 cm³/mol. The summed E-state index contributed by atoms with van der Waals surface area (Å²) >= 11 is 3.37. The van der Waals surface area contributed by atoms with Crippen molar-refractivity contribution in [3.8, 4) is 0 Å². The lowest BCUT2D eigenvalue weighted by Crippen LogP contribution is -2.29. The van der Waals surface area contributed by atoms with Crippen LogP contribution in [0.1, 0.15) is 19.7 Å². The molecule has 5 heteroatoms. The van der Waals surface area contributed by atoms with Gasteiger partial charge in [0.25, 0.3) is 0 Å². The molecular formula is C10H13BrN4. The lowest BCUT2D eigenvalue weighted by atomic mass is 9.93. The quantitative estimate of drug-likeness (QED) is 0.875. The van der Waals surface area contributed by atoms with Crippen LogP contribution in [0.5, 0.6) is 0 Å². The highest BCUT2D eigenvalue weighted by Crippen LogP contribution is 2.22. The average molecular weight is 269 g/mol. The van der Waals surface area contributed by atoms with Crippen molar-refractivity contribution in [2.75, 3.05) is 6.54 Å². The number of fused-ring (bicyclic) bond motifs is 1. The van der Waals surface area contributed by atoms with Crippen LogP contribution in [0.4, 0.5) is 0 Å². The van der Waals surface area contributed by atoms with Crippen molar-refractivity contribution < 1.29 is 0 Å². The molecule has 0 bridgehead atoms. The topological polar surface area (TPSA) is 67.6 Å². The SMILES string of the molecule is CC(C)(CN)c1nc2ncc(Br)cc2[nH]1. The number of halogens is 1. The third kappa shape index (κ3) is 1.89. The Hall–Kier alpha value is -0.940. The zero-order valence-electron chi connectivity index (χ0n) is 8.71. The molecule has 0 fully saturated rings. The zero-order valence-corrected chi connectivity index (χ0v) is 10.3. The summed E-state index contributed by atoms with van der Waals surface area (Å²) < 4.78 is 0.941. The number of nitrogens with zero attached hydrogens (tertiary/aromatic N) is 2. The van der Waals surface area contributed by atoms with Crippen LogP contribution >= 0.6 is 15.9 Å². The van der Waals surface area contributed by atoms with E-state index in [4.69, 9.17) is 5.73 Å². The number of nitrogens with one attached hydrogen (secondary N) is 1. The monoisotopic (exact) mass is 268 g/mol. The van der Waals surface area contributed by atoms with E-state index in [1.807, 2.05) is 6.07 Å². The minimum absolute atomic E-state index is 0.146. The molecule has 2 rings (SSSR count). The van der Waals surface area contributed by atoms with Crippen molar-refractivity contribution in [2.45, 2.75) is 19.3 Å². The van der Waals surface area contributed by atoms with Crippen molar-refractivity contribution in [3.05, 3.63) is 22.6 Å². The predicted octanol–water partition coefficient (Wildman–Crippen LogP) is 1.96. The summed E-state index contributed by atoms with van der Waals surface area (Å²) in [6.07, 6.45) is 1.74. The summed E-state index contributed by atoms with van der Waals surface area (Å²) in [4.78, 5) is 11.9. The van der Waals surface area contributed by atoms with Crippen molar-refractivity contribution in [1.29, 1.82) is 0 Å². The van der Waals surface area contributed by atoms with E-state index in [0.29, 0.717) is 6.54 Å². The van der Waals surface area contributed by atoms with E-state index in [-0.39, 0.29) is 5.41 Å². The Labute approximate surface area is 96.4 Å². The molecule has 15 heavy (non-hydrogen) atoms. The number of pyridine rings is 1. The number of nitrogens with two attached hydrogens (primary N) is 1. The van der Waals surface area contributed by atoms with Crippen LogP contribution in [0.25, 0.3) is 11.2 Å². The number of imidazole rings is 1. The largest absolute Gasteiger partial charge is 0.340 e. The molecule has 3 N–H and O–H groups in total. The first-order valence-corrected chi connectivity index (χ1v) is 5.54. The lowest BCUT2D eigenvalue weighted by molar-refractivity contribution is 0.509. The van der Waals surface area contributed by atoms with Gasteiger partial charge in [0.05, 0.1) is 5.52 Å². The summed E-state index contributed by atoms with van der Waals surface area (Å²) in [6.45, 7) is 4.66. The van der Waals surface area contributed by atoms with Gasteiger partial charge in [-0.3, -0.25) is 0 Å². The Bertz CT molecular complexity index is 489. The summed E-state index contributed by atoms with van der Waals surface area (Å²) in [7, 11) is 0. The third-order valence-corrected chi connectivity index (χ3v) is 2.89. The molecule has 0 saturated carbocycles. The number of aromatic nitrogens is 3. The summed E-state index contributed by atoms with van der Waals surface area (Å²) in [5, 5.41) is 0. The Morgan fingerprint density at radius 3 is 2.93 bits per heavy atom. The number of rotatable bonds is 2. The van der Waals surface area contributed by atoms with Crippen molar-refractivity contribution in [1.82, 2.24) is 15.0 Å². The highest BCUT2D eigenvalue weighted by atomic mass is 79.9. The molecule has 0 aliphatic heterocycles. The van der Waals surface area contributed by atoms with Gasteiger partial charge in [0.15, 0.2) is 5.65 Å². The molecule has 2 aromatic heterocycles. The van der Waals surface area contributed by atoms with Gasteiger partial charge in [0.2, 0.25) is 0 Å². The van der Waals surface area contributed by atoms with Gasteiger partial charge in [-0.2, -0.15) is 0 Å². The molecule has 0 radical (unpaired) electrons. The number of hydrogen-bond donors (Lipinski definition) is 2. The molecule has 0 saturated heterocycles. The second kappa shape index (κ2) is 3.57. The normalized spacial score (nSPS) is 12.3. The molecule has 0 atom stereocenters. The molecule has 0 aliphatic rings. The summed E-state index contributed by atoms with van der Waals surface area (Å²) in [5.74, 6) is 0.880. The Balaban J connectivity index is 2.56. The Kier molecular flexibility index (Phi) is 2.52. The van der Waals surface area contributed by atoms with Crippen molar-refractivity contribution in [3.63, 3.8) is 0 Å². The summed E-state index contributed by atoms with van der Waals surface area (Å²) in [6, 6.07) is 1.96. The highest BCUT2D eigenvalue weighted by Gasteiger charge is 2.22. The first kappa shape index (κ1) is 10.6. The number of H-pyrrole nitrogens is 1. The molecular weight excluding hydrogens is 256 g/mol. The Morgan fingerprint density at radius 1 is 1.53 bits per heavy atom. The van der Waals surface area contributed by atoms with E-state index >= 15 is 0 Å². The fraction of sp³-hybridized carbons (Fsp3) is 0.400. The molecule has 0 aromatic carbocycles. The molecule has 0 aliphatic carbocycles. The summed E-state index contributed by atoms with van der Waals surface area (Å²) in [5.41, 5.74) is 7.22. The molecule has 0 unspecified atom stereocenters. The van der Waals surface area contributed by atoms with Gasteiger partial charge in [0.1, 0.15) is 5.82 Å². The number of aromatic amines is 1. The van der Waals surface area contributed by atoms with Crippen LogP contribution in [0.3, 0.4) is 0 Å². The van der Waals surface area contributed by atoms with Crippen LogP contribution in [0, 0.1) is 0 Å². The van der Waals surface area contributed by atoms with Gasteiger partial charge < -0.3 is 10.7 Å². The average Bonchev–Trinajstić information content (AvgIpc) is 2.61. The van der Waals surface area contributed by atoms with Gasteiger partial charge in [-0.25, -0.2) is 9.97 Å². The zero-order chi connectivity index (χ0) is 11.1. The molecule has 80 valence electrons. The van der Waals surface area contributed by atoms with Crippen LogP contribution in [-0.2, 0) is 5.41 Å². The second-order valence-electron chi connectivity index (χ2n) is 4.20. The maximum Gasteiger partial charge on any atom is 0.177 e. The standard InChI is InChI=1S/C10H13BrN4/c1-10(2,5-12)9-14-7-3-6(11)4-13-8(7)15-9/h3-4H,5,12H2,1-2H3,(H,13,14,15). The van der Waals surface area contributed by atoms with Gasteiger partial charge in [-0.15, -0.1) is 0 Å². The second-order valence-corrected chi connectivity index (χ2v) is 5.11. The van der Waals surface area contributed by atoms with Gasteiger partial charge in [0, 0.05) is 22.6 Å². The molecule has 2 aromatic rings. The minimum atomic E-state index is -0.146. The van der Waals surface area contributed by atoms with Gasteiger partial charge in [-0.1, -0.05) is 13.8 Å². The van der Waals surface area contributed by atoms with Gasteiger partial charge >= 0.3 is 0 Å². The highest BCUT2D eigenvalue weighted by molar-refractivity contribution is 9.10. The lowest BCUT2D eigenvalue weighted by Gasteiger charge is -2.18. The molecule has 0 spiro atoms. The fourth-order valence-corrected chi connectivity index (χ4v) is 1.62. The third-order valence-electron chi connectivity index (χ3n) is 2.46. The van der Waals surface area contributed by atoms with Crippen LogP contribution < -0.4 is 5.73 Å². The van der Waals surface area contributed by atoms with Crippen LogP contribution in [0.2, 0.25) is 0 Å². The maximum atomic E-state index is 5.70. The first-order valence-electron chi connectivity index (χ1n) is 4.75. The van der Waals surface area contributed by atoms with E-state index in [2.05, 4.69) is 44.7 Å². The van der Waals surface area contributed by atoms with Gasteiger partial charge in [-0.05, 0) is 22.0 Å². The van der Waals surface area contributed by atoms with E-state index in [1.165, 1.54) is 0 Å². The van der Waals surface area contributed by atoms with Crippen LogP contribution in [0.15, 0.2) is 16.7 Å². The van der Waals surface area contributed by atoms with Crippen molar-refractivity contribution >= 4 is 27.1 Å². The first-order chi connectivity index (χ1) is 7.03. The molecule has 0 amide bonds. The maximum absolute atomic E-state index is 5.70. The van der Waals surface area contributed by atoms with E-state index in [1.54, 1.807) is 6.20 Å². The van der Waals surface area contributed by atoms with E-state index < -0.39 is 0 Å². The molecule has 4 nitrogen and oxygen atoms in total. The molecule has 2 heterocycles. The Morgan fingerprint density at radius 2 is 2.27 bits per heavy atom. The van der Waals surface area contributed by atoms with E-state index in [9.17, 15) is 0 Å².